The molecule has 0 spiro atoms. The van der Waals surface area contributed by atoms with Crippen molar-refractivity contribution in [1.29, 1.82) is 0 Å². The molecule has 3 aromatic heterocycles. The van der Waals surface area contributed by atoms with Gasteiger partial charge in [-0.25, -0.2) is 4.79 Å². The van der Waals surface area contributed by atoms with Gasteiger partial charge in [0.2, 0.25) is 5.82 Å². The lowest BCUT2D eigenvalue weighted by molar-refractivity contribution is 0.692. The topological polar surface area (TPSA) is 120 Å². The number of nitrogens with zero attached hydrogens (tertiary/aromatic N) is 6. The van der Waals surface area contributed by atoms with Crippen molar-refractivity contribution in [2.24, 2.45) is 0 Å². The maximum atomic E-state index is 13.3. The van der Waals surface area contributed by atoms with Crippen LogP contribution in [0.5, 0.6) is 0 Å². The largest absolute Gasteiger partial charge is 0.397 e. The maximum absolute atomic E-state index is 13.3. The molecule has 0 atom stereocenters. The van der Waals surface area contributed by atoms with Gasteiger partial charge in [0.1, 0.15) is 5.69 Å². The molecule has 0 aliphatic rings. The third-order valence-corrected chi connectivity index (χ3v) is 5.73. The number of nitrogen functional groups attached to an aromatic ring is 1. The van der Waals surface area contributed by atoms with Crippen LogP contribution < -0.4 is 11.4 Å². The molecule has 0 bridgehead atoms. The average molecular weight is 453 g/mol. The number of nitrogens with one attached hydrogen (secondary N) is 1. The monoisotopic (exact) mass is 452 g/mol. The highest BCUT2D eigenvalue weighted by Crippen LogP contribution is 2.28. The number of aromatic nitrogens is 7. The first-order valence-corrected chi connectivity index (χ1v) is 11.1. The number of aryl methyl sites for hydroxylation is 1. The zero-order valence-corrected chi connectivity index (χ0v) is 18.7. The van der Waals surface area contributed by atoms with Gasteiger partial charge in [-0.05, 0) is 41.0 Å². The zero-order chi connectivity index (χ0) is 23.5. The molecule has 3 N–H and O–H groups in total. The summed E-state index contributed by atoms with van der Waals surface area (Å²) in [5, 5.41) is 14.2. The van der Waals surface area contributed by atoms with Crippen LogP contribution in [0.15, 0.2) is 77.9 Å². The lowest BCUT2D eigenvalue weighted by Crippen LogP contribution is -2.25. The second-order valence-electron chi connectivity index (χ2n) is 8.00. The molecule has 9 heteroatoms. The molecule has 2 aromatic carbocycles. The summed E-state index contributed by atoms with van der Waals surface area (Å²) in [5.41, 5.74) is 11.8. The number of nitrogens with two attached hydrogens (primary N) is 1. The summed E-state index contributed by atoms with van der Waals surface area (Å²) in [6, 6.07) is 19.4. The Balaban J connectivity index is 1.48. The minimum Gasteiger partial charge on any atom is -0.397 e. The van der Waals surface area contributed by atoms with Crippen LogP contribution in [0.3, 0.4) is 0 Å². The molecule has 5 rings (SSSR count). The SMILES string of the molecule is CCCc1cn(-c2ccccc2N)c(=O)n1Cc1ccc(-c2cccnc2-c2nn[nH]n2)cc1. The van der Waals surface area contributed by atoms with Gasteiger partial charge >= 0.3 is 5.69 Å². The van der Waals surface area contributed by atoms with Crippen LogP contribution >= 0.6 is 0 Å². The van der Waals surface area contributed by atoms with E-state index in [9.17, 15) is 4.79 Å². The first-order valence-electron chi connectivity index (χ1n) is 11.1. The van der Waals surface area contributed by atoms with Gasteiger partial charge < -0.3 is 5.73 Å². The summed E-state index contributed by atoms with van der Waals surface area (Å²) in [4.78, 5) is 17.8. The quantitative estimate of drug-likeness (QED) is 0.365. The minimum atomic E-state index is -0.0999. The number of H-pyrrole nitrogens is 1. The van der Waals surface area contributed by atoms with Gasteiger partial charge in [-0.15, -0.1) is 10.2 Å². The molecule has 0 unspecified atom stereocenters. The van der Waals surface area contributed by atoms with E-state index in [-0.39, 0.29) is 5.69 Å². The van der Waals surface area contributed by atoms with Crippen LogP contribution in [-0.2, 0) is 13.0 Å². The molecule has 3 heterocycles. The van der Waals surface area contributed by atoms with Gasteiger partial charge in [-0.2, -0.15) is 5.21 Å². The van der Waals surface area contributed by atoms with Crippen molar-refractivity contribution in [2.75, 3.05) is 5.73 Å². The van der Waals surface area contributed by atoms with Crippen LogP contribution in [0.4, 0.5) is 5.69 Å². The van der Waals surface area contributed by atoms with E-state index in [2.05, 4.69) is 32.5 Å². The van der Waals surface area contributed by atoms with Crippen LogP contribution in [0.25, 0.3) is 28.3 Å². The normalized spacial score (nSPS) is 11.1. The summed E-state index contributed by atoms with van der Waals surface area (Å²) in [7, 11) is 0. The summed E-state index contributed by atoms with van der Waals surface area (Å²) < 4.78 is 3.46. The summed E-state index contributed by atoms with van der Waals surface area (Å²) >= 11 is 0. The van der Waals surface area contributed by atoms with E-state index >= 15 is 0 Å². The smallest absolute Gasteiger partial charge is 0.333 e. The van der Waals surface area contributed by atoms with E-state index in [0.717, 1.165) is 35.2 Å². The Morgan fingerprint density at radius 3 is 2.59 bits per heavy atom. The molecule has 0 aliphatic heterocycles. The maximum Gasteiger partial charge on any atom is 0.333 e. The predicted octanol–water partition coefficient (Wildman–Crippen LogP) is 3.46. The molecule has 0 amide bonds. The van der Waals surface area contributed by atoms with Crippen molar-refractivity contribution in [1.82, 2.24) is 34.7 Å². The molecule has 0 fully saturated rings. The molecular weight excluding hydrogens is 428 g/mol. The van der Waals surface area contributed by atoms with Gasteiger partial charge in [-0.3, -0.25) is 14.1 Å². The zero-order valence-electron chi connectivity index (χ0n) is 18.7. The first kappa shape index (κ1) is 21.3. The number of hydrogen-bond donors (Lipinski definition) is 2. The molecule has 5 aromatic rings. The van der Waals surface area contributed by atoms with E-state index in [4.69, 9.17) is 5.73 Å². The lowest BCUT2D eigenvalue weighted by atomic mass is 10.0. The Labute approximate surface area is 195 Å². The number of para-hydroxylation sites is 2. The molecule has 0 radical (unpaired) electrons. The first-order chi connectivity index (χ1) is 16.7. The van der Waals surface area contributed by atoms with Gasteiger partial charge in [0, 0.05) is 23.7 Å². The standard InChI is InChI=1S/C25H24N8O/c1-2-6-19-16-33(22-9-4-3-8-21(22)26)25(34)32(19)15-17-10-12-18(13-11-17)20-7-5-14-27-23(20)24-28-30-31-29-24/h3-5,7-14,16H,2,6,15,26H2,1H3,(H,28,29,30,31). The van der Waals surface area contributed by atoms with Crippen molar-refractivity contribution in [3.63, 3.8) is 0 Å². The number of anilines is 1. The average Bonchev–Trinajstić information content (AvgIpc) is 3.50. The van der Waals surface area contributed by atoms with Gasteiger partial charge in [-0.1, -0.05) is 55.8 Å². The molecular formula is C25H24N8O. The Morgan fingerprint density at radius 2 is 1.85 bits per heavy atom. The molecule has 34 heavy (non-hydrogen) atoms. The molecule has 170 valence electrons. The Hall–Kier alpha value is -4.53. The highest BCUT2D eigenvalue weighted by molar-refractivity contribution is 5.77. The van der Waals surface area contributed by atoms with Crippen LogP contribution in [-0.4, -0.2) is 34.7 Å². The minimum absolute atomic E-state index is 0.0999. The van der Waals surface area contributed by atoms with Crippen molar-refractivity contribution in [3.8, 4) is 28.3 Å². The number of pyridine rings is 1. The molecule has 0 saturated carbocycles. The molecule has 0 saturated heterocycles. The summed E-state index contributed by atoms with van der Waals surface area (Å²) in [5.74, 6) is 0.442. The fourth-order valence-electron chi connectivity index (χ4n) is 4.08. The summed E-state index contributed by atoms with van der Waals surface area (Å²) in [6.45, 7) is 2.58. The van der Waals surface area contributed by atoms with Crippen molar-refractivity contribution in [2.45, 2.75) is 26.3 Å². The van der Waals surface area contributed by atoms with E-state index in [0.29, 0.717) is 29.4 Å². The number of benzene rings is 2. The Morgan fingerprint density at radius 1 is 1.03 bits per heavy atom. The van der Waals surface area contributed by atoms with Gasteiger partial charge in [0.25, 0.3) is 0 Å². The number of hydrogen-bond acceptors (Lipinski definition) is 6. The van der Waals surface area contributed by atoms with E-state index in [1.54, 1.807) is 16.8 Å². The fraction of sp³-hybridized carbons (Fsp3) is 0.160. The molecule has 0 aliphatic carbocycles. The van der Waals surface area contributed by atoms with Crippen LogP contribution in [0.1, 0.15) is 24.6 Å². The highest BCUT2D eigenvalue weighted by atomic mass is 16.1. The predicted molar refractivity (Wildman–Crippen MR) is 130 cm³/mol. The second kappa shape index (κ2) is 9.14. The Bertz CT molecular complexity index is 1470. The van der Waals surface area contributed by atoms with Crippen molar-refractivity contribution < 1.29 is 0 Å². The Kier molecular flexibility index (Phi) is 5.73. The van der Waals surface area contributed by atoms with Crippen LogP contribution in [0.2, 0.25) is 0 Å². The van der Waals surface area contributed by atoms with E-state index in [1.807, 2.05) is 65.4 Å². The third-order valence-electron chi connectivity index (χ3n) is 5.73. The second-order valence-corrected chi connectivity index (χ2v) is 8.00. The number of rotatable bonds is 7. The van der Waals surface area contributed by atoms with E-state index in [1.165, 1.54) is 0 Å². The van der Waals surface area contributed by atoms with Gasteiger partial charge in [0.15, 0.2) is 0 Å². The number of tetrazole rings is 1. The van der Waals surface area contributed by atoms with E-state index < -0.39 is 0 Å². The fourth-order valence-corrected chi connectivity index (χ4v) is 4.08. The van der Waals surface area contributed by atoms with Crippen LogP contribution in [0, 0.1) is 0 Å². The van der Waals surface area contributed by atoms with Gasteiger partial charge in [0.05, 0.1) is 17.9 Å². The lowest BCUT2D eigenvalue weighted by Gasteiger charge is -2.09. The molecule has 9 nitrogen and oxygen atoms in total. The number of imidazole rings is 1. The highest BCUT2D eigenvalue weighted by Gasteiger charge is 2.15. The van der Waals surface area contributed by atoms with Crippen molar-refractivity contribution in [3.05, 3.63) is 94.8 Å². The summed E-state index contributed by atoms with van der Waals surface area (Å²) in [6.07, 6.45) is 5.34. The number of aromatic amines is 1. The third kappa shape index (κ3) is 3.99. The van der Waals surface area contributed by atoms with Crippen molar-refractivity contribution >= 4 is 5.69 Å².